The molecule has 0 heterocycles. The molecule has 21 rings (SSSR count). The Hall–Kier alpha value is -11.3. The van der Waals surface area contributed by atoms with Gasteiger partial charge in [0.05, 0.1) is 0 Å². The lowest BCUT2D eigenvalue weighted by Gasteiger charge is -2.31. The maximum atomic E-state index is 2.65. The van der Waals surface area contributed by atoms with Crippen molar-refractivity contribution < 1.29 is 0 Å². The van der Waals surface area contributed by atoms with Gasteiger partial charge in [-0.1, -0.05) is 283 Å². The van der Waals surface area contributed by atoms with E-state index in [0.717, 1.165) is 47.0 Å². The van der Waals surface area contributed by atoms with Crippen LogP contribution in [0.4, 0.5) is 34.1 Å². The molecule has 0 bridgehead atoms. The number of nitrogens with zero attached hydrogens (tertiary/aromatic N) is 2. The summed E-state index contributed by atoms with van der Waals surface area (Å²) in [5.41, 5.74) is 43.4. The Labute approximate surface area is 624 Å². The summed E-state index contributed by atoms with van der Waals surface area (Å²) < 4.78 is 0. The molecule has 2 nitrogen and oxygen atoms in total. The summed E-state index contributed by atoms with van der Waals surface area (Å²) in [6.07, 6.45) is 4.52. The molecule has 0 amide bonds. The molecule has 0 unspecified atom stereocenters. The van der Waals surface area contributed by atoms with Gasteiger partial charge in [-0.2, -0.15) is 0 Å². The van der Waals surface area contributed by atoms with Crippen molar-refractivity contribution >= 4 is 66.8 Å². The smallest absolute Gasteiger partial charge is 0.0468 e. The molecule has 0 spiro atoms. The summed E-state index contributed by atoms with van der Waals surface area (Å²) in [6, 6.07) is 107. The summed E-state index contributed by atoms with van der Waals surface area (Å²) in [7, 11) is 0. The van der Waals surface area contributed by atoms with Crippen molar-refractivity contribution in [3.63, 3.8) is 0 Å². The minimum Gasteiger partial charge on any atom is -0.310 e. The number of allylic oxidation sites excluding steroid dienone is 4. The summed E-state index contributed by atoms with van der Waals surface area (Å²) in [4.78, 5) is 5.19. The van der Waals surface area contributed by atoms with Crippen LogP contribution in [0.2, 0.25) is 0 Å². The minimum absolute atomic E-state index is 0.165. The van der Waals surface area contributed by atoms with Crippen LogP contribution in [0.25, 0.3) is 99.5 Å². The van der Waals surface area contributed by atoms with Gasteiger partial charge in [0.2, 0.25) is 0 Å². The molecule has 7 aliphatic carbocycles. The summed E-state index contributed by atoms with van der Waals surface area (Å²) in [5, 5.41) is 4.98. The molecule has 0 radical (unpaired) electrons. The van der Waals surface area contributed by atoms with E-state index < -0.39 is 0 Å². The molecule has 0 aromatic heterocycles. The molecule has 0 saturated heterocycles. The van der Waals surface area contributed by atoms with E-state index in [0.29, 0.717) is 0 Å². The predicted octanol–water partition coefficient (Wildman–Crippen LogP) is 28.1. The molecule has 106 heavy (non-hydrogen) atoms. The highest BCUT2D eigenvalue weighted by atomic mass is 15.1. The molecule has 0 N–H and O–H groups in total. The van der Waals surface area contributed by atoms with Crippen molar-refractivity contribution in [2.75, 3.05) is 9.80 Å². The largest absolute Gasteiger partial charge is 0.310 e. The maximum Gasteiger partial charge on any atom is 0.0468 e. The Bertz CT molecular complexity index is 6130. The van der Waals surface area contributed by atoms with Crippen LogP contribution >= 0.6 is 0 Å². The Kier molecular flexibility index (Phi) is 12.9. The topological polar surface area (TPSA) is 6.48 Å². The second-order valence-electron chi connectivity index (χ2n) is 34.6. The molecule has 0 fully saturated rings. The summed E-state index contributed by atoms with van der Waals surface area (Å²) >= 11 is 0. The molecule has 0 aliphatic heterocycles. The first kappa shape index (κ1) is 63.2. The highest BCUT2D eigenvalue weighted by Crippen LogP contribution is 2.60. The number of fused-ring (bicyclic) bond motifs is 19. The monoisotopic (exact) mass is 1360 g/mol. The number of anilines is 6. The van der Waals surface area contributed by atoms with Crippen molar-refractivity contribution in [1.29, 1.82) is 0 Å². The van der Waals surface area contributed by atoms with E-state index in [4.69, 9.17) is 0 Å². The zero-order valence-corrected chi connectivity index (χ0v) is 62.9. The van der Waals surface area contributed by atoms with Crippen LogP contribution in [0, 0.1) is 0 Å². The molecule has 0 atom stereocenters. The summed E-state index contributed by atoms with van der Waals surface area (Å²) in [5.74, 6) is 0. The first-order valence-electron chi connectivity index (χ1n) is 38.5. The van der Waals surface area contributed by atoms with Crippen molar-refractivity contribution in [3.8, 4) is 66.8 Å². The highest BCUT2D eigenvalue weighted by Gasteiger charge is 2.44. The fourth-order valence-electron chi connectivity index (χ4n) is 21.4. The van der Waals surface area contributed by atoms with E-state index in [9.17, 15) is 0 Å². The maximum absolute atomic E-state index is 2.65. The van der Waals surface area contributed by atoms with Gasteiger partial charge in [-0.05, 0) is 269 Å². The molecular weight excluding hydrogens is 1280 g/mol. The van der Waals surface area contributed by atoms with E-state index in [1.165, 1.54) is 177 Å². The lowest BCUT2D eigenvalue weighted by Crippen LogP contribution is -2.18. The van der Waals surface area contributed by atoms with Gasteiger partial charge in [-0.25, -0.2) is 0 Å². The Morgan fingerprint density at radius 1 is 0.217 bits per heavy atom. The molecule has 7 aliphatic rings. The molecular formula is C104H86N2. The lowest BCUT2D eigenvalue weighted by atomic mass is 9.76. The number of hydrogen-bond donors (Lipinski definition) is 0. The van der Waals surface area contributed by atoms with Gasteiger partial charge in [0.1, 0.15) is 0 Å². The zero-order valence-electron chi connectivity index (χ0n) is 62.9. The van der Waals surface area contributed by atoms with Gasteiger partial charge in [-0.3, -0.25) is 0 Å². The number of hydrogen-bond acceptors (Lipinski definition) is 2. The third kappa shape index (κ3) is 8.50. The van der Waals surface area contributed by atoms with Crippen molar-refractivity contribution in [2.24, 2.45) is 0 Å². The minimum atomic E-state index is -0.209. The SMILES string of the molecule is CC1(C)C2=C(CCC(c3c4cc(N(c5ccc6c(c5)C(C)(C)c5ccccc5-6)c5ccc6c(c5)C(C)(C)c5ccccc5-6)ccc4c(-c4ccc5c(c4)-c4ccccc4C5(C)C)c4cc(N(c5ccc6c(c5)C(C)(C)c5ccccc5-6)c5ccc6c(c5)C(C)(C)c5ccccc5-6)ccc34)=C2)c2ccccc21. The third-order valence-electron chi connectivity index (χ3n) is 27.0. The normalized spacial score (nSPS) is 17.1. The van der Waals surface area contributed by atoms with Gasteiger partial charge in [0.15, 0.2) is 0 Å². The Morgan fingerprint density at radius 3 is 0.906 bits per heavy atom. The average molecular weight is 1360 g/mol. The molecule has 14 aromatic carbocycles. The number of benzene rings is 14. The third-order valence-corrected chi connectivity index (χ3v) is 27.0. The fraction of sp³-hybridized carbons (Fsp3) is 0.192. The van der Waals surface area contributed by atoms with Crippen LogP contribution in [-0.4, -0.2) is 0 Å². The summed E-state index contributed by atoms with van der Waals surface area (Å²) in [6.45, 7) is 29.1. The van der Waals surface area contributed by atoms with E-state index in [1.54, 1.807) is 0 Å². The first-order valence-corrected chi connectivity index (χ1v) is 38.5. The van der Waals surface area contributed by atoms with E-state index in [1.807, 2.05) is 0 Å². The van der Waals surface area contributed by atoms with Gasteiger partial charge in [0, 0.05) is 66.6 Å². The molecule has 2 heteroatoms. The second-order valence-corrected chi connectivity index (χ2v) is 34.6. The first-order chi connectivity index (χ1) is 51.1. The quantitative estimate of drug-likeness (QED) is 0.140. The van der Waals surface area contributed by atoms with Crippen molar-refractivity contribution in [1.82, 2.24) is 0 Å². The average Bonchev–Trinajstić information content (AvgIpc) is 0.799. The fourth-order valence-corrected chi connectivity index (χ4v) is 21.4. The zero-order chi connectivity index (χ0) is 72.0. The van der Waals surface area contributed by atoms with Crippen molar-refractivity contribution in [3.05, 3.63) is 357 Å². The lowest BCUT2D eigenvalue weighted by molar-refractivity contribution is 0.652. The van der Waals surface area contributed by atoms with Crippen LogP contribution in [0.1, 0.15) is 168 Å². The Balaban J connectivity index is 0.860. The van der Waals surface area contributed by atoms with Crippen LogP contribution in [0.5, 0.6) is 0 Å². The van der Waals surface area contributed by atoms with Crippen molar-refractivity contribution in [2.45, 2.75) is 128 Å². The van der Waals surface area contributed by atoms with E-state index in [2.05, 4.69) is 372 Å². The van der Waals surface area contributed by atoms with E-state index >= 15 is 0 Å². The van der Waals surface area contributed by atoms with Crippen LogP contribution in [-0.2, 0) is 32.5 Å². The predicted molar refractivity (Wildman–Crippen MR) is 448 cm³/mol. The van der Waals surface area contributed by atoms with Gasteiger partial charge in [0.25, 0.3) is 0 Å². The van der Waals surface area contributed by atoms with Gasteiger partial charge >= 0.3 is 0 Å². The standard InChI is InChI=1S/C104H86N2/c1-99(2)90-36-24-18-30-74(90)82-53-61(38-52-91(82)99)97-80-50-43-64(106(67-41-48-78-72-28-16-22-34-88(72)103(9,10)95(78)59-67)68-42-49-79-73-29-17-23-35-89(73)104(11,12)96(79)60-68)56-84(80)98(62-37-45-75-69-25-13-19-31-85(69)100(3,4)92(75)54-62)81-51-44-63(55-83(81)97)105(65-39-46-76-70-26-14-20-32-86(70)101(5,6)93(76)57-65)66-40-47-77-71-27-15-21-33-87(71)102(7,8)94(77)58-66/h13-36,38-44,46-60H,37,45H2,1-12H3. The molecule has 14 aromatic rings. The van der Waals surface area contributed by atoms with Crippen LogP contribution < -0.4 is 9.80 Å². The molecule has 0 saturated carbocycles. The van der Waals surface area contributed by atoms with E-state index in [-0.39, 0.29) is 32.5 Å². The van der Waals surface area contributed by atoms with Gasteiger partial charge in [-0.15, -0.1) is 0 Å². The Morgan fingerprint density at radius 2 is 0.509 bits per heavy atom. The number of rotatable bonds is 8. The molecule has 512 valence electrons. The van der Waals surface area contributed by atoms with Gasteiger partial charge < -0.3 is 9.80 Å². The second kappa shape index (κ2) is 21.7. The van der Waals surface area contributed by atoms with Crippen LogP contribution in [0.15, 0.2) is 285 Å². The highest BCUT2D eigenvalue weighted by molar-refractivity contribution is 6.21. The van der Waals surface area contributed by atoms with Crippen LogP contribution in [0.3, 0.4) is 0 Å².